The van der Waals surface area contributed by atoms with Crippen LogP contribution in [0.2, 0.25) is 0 Å². The largest absolute Gasteiger partial charge is 0.396 e. The number of pyridine rings is 1. The van der Waals surface area contributed by atoms with Gasteiger partial charge in [0.2, 0.25) is 0 Å². The first kappa shape index (κ1) is 16.8. The van der Waals surface area contributed by atoms with Crippen LogP contribution in [0.25, 0.3) is 16.9 Å². The average molecular weight is 352 g/mol. The number of aromatic nitrogens is 3. The monoisotopic (exact) mass is 352 g/mol. The first-order valence-electron chi connectivity index (χ1n) is 9.32. The van der Waals surface area contributed by atoms with Gasteiger partial charge in [-0.05, 0) is 43.5 Å². The van der Waals surface area contributed by atoms with Gasteiger partial charge in [-0.2, -0.15) is 5.10 Å². The highest BCUT2D eigenvalue weighted by molar-refractivity contribution is 6.02. The van der Waals surface area contributed by atoms with Crippen molar-refractivity contribution >= 4 is 11.4 Å². The van der Waals surface area contributed by atoms with E-state index in [-0.39, 0.29) is 12.5 Å². The average Bonchev–Trinajstić information content (AvgIpc) is 3.39. The molecular formula is C20H24N4O2. The number of hydrogen-bond donors (Lipinski definition) is 2. The Bertz CT molecular complexity index is 906. The molecule has 3 heterocycles. The topological polar surface area (TPSA) is 71.6 Å². The molecule has 2 N–H and O–H groups in total. The molecule has 0 aromatic carbocycles. The highest BCUT2D eigenvalue weighted by atomic mass is 16.3. The lowest BCUT2D eigenvalue weighted by atomic mass is 10.2. The third-order valence-corrected chi connectivity index (χ3v) is 5.14. The van der Waals surface area contributed by atoms with Crippen molar-refractivity contribution in [1.29, 1.82) is 0 Å². The van der Waals surface area contributed by atoms with Crippen molar-refractivity contribution in [3.8, 4) is 11.4 Å². The van der Waals surface area contributed by atoms with Gasteiger partial charge in [0, 0.05) is 25.5 Å². The zero-order valence-electron chi connectivity index (χ0n) is 14.8. The molecular weight excluding hydrogens is 328 g/mol. The van der Waals surface area contributed by atoms with Crippen LogP contribution in [0.1, 0.15) is 48.5 Å². The van der Waals surface area contributed by atoms with E-state index in [4.69, 9.17) is 5.11 Å². The Balaban J connectivity index is 1.75. The molecule has 136 valence electrons. The first-order valence-corrected chi connectivity index (χ1v) is 9.32. The first-order chi connectivity index (χ1) is 12.8. The Morgan fingerprint density at radius 1 is 1.23 bits per heavy atom. The van der Waals surface area contributed by atoms with Crippen LogP contribution in [0, 0.1) is 0 Å². The van der Waals surface area contributed by atoms with E-state index in [2.05, 4.69) is 19.5 Å². The van der Waals surface area contributed by atoms with Gasteiger partial charge in [0.25, 0.3) is 5.91 Å². The molecule has 0 spiro atoms. The van der Waals surface area contributed by atoms with Crippen LogP contribution >= 0.6 is 0 Å². The zero-order chi connectivity index (χ0) is 17.9. The highest BCUT2D eigenvalue weighted by Gasteiger charge is 2.23. The predicted molar refractivity (Wildman–Crippen MR) is 100 cm³/mol. The number of nitrogens with zero attached hydrogens (tertiary/aromatic N) is 3. The molecule has 1 aliphatic rings. The van der Waals surface area contributed by atoms with Gasteiger partial charge in [-0.25, -0.2) is 0 Å². The van der Waals surface area contributed by atoms with E-state index in [9.17, 15) is 4.79 Å². The third kappa shape index (κ3) is 3.01. The summed E-state index contributed by atoms with van der Waals surface area (Å²) in [6.45, 7) is 0.539. The maximum Gasteiger partial charge on any atom is 0.253 e. The van der Waals surface area contributed by atoms with Crippen molar-refractivity contribution in [1.82, 2.24) is 19.5 Å². The fourth-order valence-electron chi connectivity index (χ4n) is 3.87. The Labute approximate surface area is 152 Å². The molecule has 0 aliphatic heterocycles. The standard InChI is InChI=1S/C20H24N4O2/c25-13-5-10-21-20(26)16-14-19(23-12-4-3-8-17(16)23)18-9-11-22-24(18)15-6-1-2-7-15/h3-4,8-9,11-12,14-15,25H,1-2,5-7,10,13H2,(H,21,26). The Hall–Kier alpha value is -2.60. The number of amides is 1. The van der Waals surface area contributed by atoms with Crippen LogP contribution in [0.3, 0.4) is 0 Å². The van der Waals surface area contributed by atoms with E-state index in [0.29, 0.717) is 24.6 Å². The van der Waals surface area contributed by atoms with Gasteiger partial charge in [0.15, 0.2) is 0 Å². The fourth-order valence-corrected chi connectivity index (χ4v) is 3.87. The second-order valence-corrected chi connectivity index (χ2v) is 6.83. The molecule has 3 aromatic heterocycles. The third-order valence-electron chi connectivity index (χ3n) is 5.14. The molecule has 1 amide bonds. The van der Waals surface area contributed by atoms with Gasteiger partial charge < -0.3 is 14.8 Å². The molecule has 6 nitrogen and oxygen atoms in total. The number of aliphatic hydroxyl groups excluding tert-OH is 1. The molecule has 6 heteroatoms. The summed E-state index contributed by atoms with van der Waals surface area (Å²) in [6, 6.07) is 10.3. The molecule has 1 fully saturated rings. The molecule has 0 bridgehead atoms. The molecule has 0 atom stereocenters. The van der Waals surface area contributed by atoms with Crippen LogP contribution in [0.15, 0.2) is 42.7 Å². The van der Waals surface area contributed by atoms with Crippen molar-refractivity contribution < 1.29 is 9.90 Å². The molecule has 1 saturated carbocycles. The summed E-state index contributed by atoms with van der Waals surface area (Å²) < 4.78 is 4.18. The van der Waals surface area contributed by atoms with Gasteiger partial charge in [0.1, 0.15) is 0 Å². The predicted octanol–water partition coefficient (Wildman–Crippen LogP) is 3.03. The smallest absolute Gasteiger partial charge is 0.253 e. The zero-order valence-corrected chi connectivity index (χ0v) is 14.8. The minimum atomic E-state index is -0.111. The van der Waals surface area contributed by atoms with E-state index in [1.54, 1.807) is 0 Å². The number of nitrogens with one attached hydrogen (secondary N) is 1. The number of fused-ring (bicyclic) bond motifs is 1. The fraction of sp³-hybridized carbons (Fsp3) is 0.400. The van der Waals surface area contributed by atoms with Gasteiger partial charge >= 0.3 is 0 Å². The second kappa shape index (κ2) is 7.33. The van der Waals surface area contributed by atoms with Crippen LogP contribution in [-0.4, -0.2) is 38.3 Å². The molecule has 0 radical (unpaired) electrons. The van der Waals surface area contributed by atoms with Crippen LogP contribution in [0.4, 0.5) is 0 Å². The SMILES string of the molecule is O=C(NCCCO)c1cc(-c2ccnn2C2CCCC2)n2ccccc12. The van der Waals surface area contributed by atoms with E-state index in [1.165, 1.54) is 12.8 Å². The quantitative estimate of drug-likeness (QED) is 0.670. The normalized spacial score (nSPS) is 15.0. The minimum Gasteiger partial charge on any atom is -0.396 e. The van der Waals surface area contributed by atoms with Crippen molar-refractivity contribution in [3.05, 3.63) is 48.3 Å². The van der Waals surface area contributed by atoms with Crippen LogP contribution < -0.4 is 5.32 Å². The van der Waals surface area contributed by atoms with E-state index in [0.717, 1.165) is 29.7 Å². The summed E-state index contributed by atoms with van der Waals surface area (Å²) in [6.07, 6.45) is 9.20. The molecule has 0 saturated heterocycles. The van der Waals surface area contributed by atoms with Gasteiger partial charge in [-0.3, -0.25) is 9.48 Å². The number of rotatable bonds is 6. The molecule has 4 rings (SSSR count). The van der Waals surface area contributed by atoms with E-state index in [1.807, 2.05) is 42.7 Å². The van der Waals surface area contributed by atoms with E-state index >= 15 is 0 Å². The van der Waals surface area contributed by atoms with Crippen molar-refractivity contribution in [3.63, 3.8) is 0 Å². The number of hydrogen-bond acceptors (Lipinski definition) is 3. The number of aliphatic hydroxyl groups is 1. The highest BCUT2D eigenvalue weighted by Crippen LogP contribution is 2.34. The minimum absolute atomic E-state index is 0.0720. The lowest BCUT2D eigenvalue weighted by molar-refractivity contribution is 0.0953. The van der Waals surface area contributed by atoms with E-state index < -0.39 is 0 Å². The number of carbonyl (C=O) groups excluding carboxylic acids is 1. The molecule has 0 unspecified atom stereocenters. The van der Waals surface area contributed by atoms with Crippen molar-refractivity contribution in [2.45, 2.75) is 38.1 Å². The second-order valence-electron chi connectivity index (χ2n) is 6.83. The van der Waals surface area contributed by atoms with Crippen LogP contribution in [0.5, 0.6) is 0 Å². The lowest BCUT2D eigenvalue weighted by Gasteiger charge is -2.14. The summed E-state index contributed by atoms with van der Waals surface area (Å²) >= 11 is 0. The lowest BCUT2D eigenvalue weighted by Crippen LogP contribution is -2.24. The maximum atomic E-state index is 12.6. The van der Waals surface area contributed by atoms with Gasteiger partial charge in [-0.1, -0.05) is 18.9 Å². The summed E-state index contributed by atoms with van der Waals surface area (Å²) in [5, 5.41) is 16.4. The van der Waals surface area contributed by atoms with Crippen molar-refractivity contribution in [2.24, 2.45) is 0 Å². The maximum absolute atomic E-state index is 12.6. The Morgan fingerprint density at radius 2 is 2.08 bits per heavy atom. The summed E-state index contributed by atoms with van der Waals surface area (Å²) in [7, 11) is 0. The molecule has 3 aromatic rings. The van der Waals surface area contributed by atoms with Gasteiger partial charge in [-0.15, -0.1) is 0 Å². The Kier molecular flexibility index (Phi) is 4.75. The summed E-state index contributed by atoms with van der Waals surface area (Å²) in [5.74, 6) is -0.111. The number of carbonyl (C=O) groups is 1. The van der Waals surface area contributed by atoms with Crippen LogP contribution in [-0.2, 0) is 0 Å². The van der Waals surface area contributed by atoms with Crippen molar-refractivity contribution in [2.75, 3.05) is 13.2 Å². The van der Waals surface area contributed by atoms with Gasteiger partial charge in [0.05, 0.1) is 28.5 Å². The summed E-state index contributed by atoms with van der Waals surface area (Å²) in [4.78, 5) is 12.6. The molecule has 1 aliphatic carbocycles. The Morgan fingerprint density at radius 3 is 2.88 bits per heavy atom. The molecule has 26 heavy (non-hydrogen) atoms. The summed E-state index contributed by atoms with van der Waals surface area (Å²) in [5.41, 5.74) is 3.56.